The predicted molar refractivity (Wildman–Crippen MR) is 64.0 cm³/mol. The summed E-state index contributed by atoms with van der Waals surface area (Å²) < 4.78 is 11.2. The van der Waals surface area contributed by atoms with Crippen molar-refractivity contribution in [3.63, 3.8) is 0 Å². The molecule has 1 unspecified atom stereocenters. The van der Waals surface area contributed by atoms with Gasteiger partial charge >= 0.3 is 0 Å². The molecule has 1 aliphatic rings. The van der Waals surface area contributed by atoms with Crippen LogP contribution in [0.15, 0.2) is 18.2 Å². The van der Waals surface area contributed by atoms with Crippen LogP contribution in [0.2, 0.25) is 0 Å². The molecule has 1 aliphatic heterocycles. The summed E-state index contributed by atoms with van der Waals surface area (Å²) in [6.45, 7) is 7.33. The van der Waals surface area contributed by atoms with E-state index in [1.54, 1.807) is 0 Å². The summed E-state index contributed by atoms with van der Waals surface area (Å²) in [6.07, 6.45) is 0. The lowest BCUT2D eigenvalue weighted by atomic mass is 10.1. The largest absolute Gasteiger partial charge is 0.492 e. The average Bonchev–Trinajstić information content (AvgIpc) is 2.32. The topological polar surface area (TPSA) is 30.5 Å². The van der Waals surface area contributed by atoms with E-state index in [-0.39, 0.29) is 0 Å². The summed E-state index contributed by atoms with van der Waals surface area (Å²) in [5, 5.41) is 3.37. The van der Waals surface area contributed by atoms with E-state index in [9.17, 15) is 0 Å². The monoisotopic (exact) mass is 221 g/mol. The summed E-state index contributed by atoms with van der Waals surface area (Å²) >= 11 is 0. The van der Waals surface area contributed by atoms with Gasteiger partial charge in [0, 0.05) is 6.54 Å². The highest BCUT2D eigenvalue weighted by molar-refractivity contribution is 5.38. The Morgan fingerprint density at radius 3 is 3.06 bits per heavy atom. The quantitative estimate of drug-likeness (QED) is 0.842. The van der Waals surface area contributed by atoms with Gasteiger partial charge in [0.15, 0.2) is 0 Å². The predicted octanol–water partition coefficient (Wildman–Crippen LogP) is 1.67. The van der Waals surface area contributed by atoms with Crippen LogP contribution in [-0.4, -0.2) is 32.4 Å². The molecule has 3 heteroatoms. The minimum atomic E-state index is 0.314. The Morgan fingerprint density at radius 2 is 2.31 bits per heavy atom. The second-order valence-electron chi connectivity index (χ2n) is 4.24. The van der Waals surface area contributed by atoms with E-state index in [4.69, 9.17) is 9.47 Å². The maximum absolute atomic E-state index is 5.81. The van der Waals surface area contributed by atoms with Gasteiger partial charge in [-0.3, -0.25) is 0 Å². The van der Waals surface area contributed by atoms with Gasteiger partial charge in [0.2, 0.25) is 0 Å². The van der Waals surface area contributed by atoms with Gasteiger partial charge in [-0.05, 0) is 31.0 Å². The molecule has 0 aliphatic carbocycles. The fourth-order valence-corrected chi connectivity index (χ4v) is 1.80. The number of nitrogens with one attached hydrogen (secondary N) is 1. The molecule has 0 aromatic heterocycles. The van der Waals surface area contributed by atoms with Crippen LogP contribution < -0.4 is 10.1 Å². The van der Waals surface area contributed by atoms with Gasteiger partial charge in [-0.1, -0.05) is 12.1 Å². The molecular formula is C13H19NO2. The van der Waals surface area contributed by atoms with E-state index < -0.39 is 0 Å². The lowest BCUT2D eigenvalue weighted by Gasteiger charge is -2.24. The fraction of sp³-hybridized carbons (Fsp3) is 0.538. The molecule has 1 aromatic carbocycles. The number of aryl methyl sites for hydroxylation is 1. The Morgan fingerprint density at radius 1 is 1.44 bits per heavy atom. The third-order valence-electron chi connectivity index (χ3n) is 2.99. The first-order valence-electron chi connectivity index (χ1n) is 5.77. The molecule has 1 saturated heterocycles. The summed E-state index contributed by atoms with van der Waals surface area (Å²) in [4.78, 5) is 0. The van der Waals surface area contributed by atoms with Crippen molar-refractivity contribution in [1.29, 1.82) is 0 Å². The molecule has 0 bridgehead atoms. The lowest BCUT2D eigenvalue weighted by molar-refractivity contribution is 0.0591. The molecule has 1 heterocycles. The summed E-state index contributed by atoms with van der Waals surface area (Å²) in [5.41, 5.74) is 2.49. The third-order valence-corrected chi connectivity index (χ3v) is 2.99. The van der Waals surface area contributed by atoms with Gasteiger partial charge in [-0.2, -0.15) is 0 Å². The molecular weight excluding hydrogens is 202 g/mol. The zero-order valence-electron chi connectivity index (χ0n) is 9.95. The molecule has 1 atom stereocenters. The van der Waals surface area contributed by atoms with Crippen molar-refractivity contribution in [1.82, 2.24) is 5.32 Å². The van der Waals surface area contributed by atoms with Gasteiger partial charge in [0.25, 0.3) is 0 Å². The third kappa shape index (κ3) is 2.74. The van der Waals surface area contributed by atoms with Crippen LogP contribution in [-0.2, 0) is 4.74 Å². The highest BCUT2D eigenvalue weighted by Gasteiger charge is 2.13. The van der Waals surface area contributed by atoms with Crippen molar-refractivity contribution in [3.05, 3.63) is 29.3 Å². The smallest absolute Gasteiger partial charge is 0.122 e. The molecule has 3 nitrogen and oxygen atoms in total. The Balaban J connectivity index is 1.91. The van der Waals surface area contributed by atoms with Crippen molar-refractivity contribution in [2.24, 2.45) is 0 Å². The van der Waals surface area contributed by atoms with Gasteiger partial charge < -0.3 is 14.8 Å². The van der Waals surface area contributed by atoms with Crippen LogP contribution >= 0.6 is 0 Å². The number of benzene rings is 1. The summed E-state index contributed by atoms with van der Waals surface area (Å²) in [7, 11) is 0. The number of ether oxygens (including phenoxy) is 2. The van der Waals surface area contributed by atoms with Crippen LogP contribution in [0.1, 0.15) is 11.1 Å². The molecule has 0 amide bonds. The SMILES string of the molecule is Cc1cccc(OCC2COCCN2)c1C. The van der Waals surface area contributed by atoms with Crippen molar-refractivity contribution in [3.8, 4) is 5.75 Å². The van der Waals surface area contributed by atoms with Gasteiger partial charge in [-0.15, -0.1) is 0 Å². The van der Waals surface area contributed by atoms with E-state index in [0.29, 0.717) is 12.6 Å². The van der Waals surface area contributed by atoms with Crippen LogP contribution in [0.5, 0.6) is 5.75 Å². The highest BCUT2D eigenvalue weighted by atomic mass is 16.5. The second-order valence-corrected chi connectivity index (χ2v) is 4.24. The lowest BCUT2D eigenvalue weighted by Crippen LogP contribution is -2.44. The highest BCUT2D eigenvalue weighted by Crippen LogP contribution is 2.20. The molecule has 1 N–H and O–H groups in total. The van der Waals surface area contributed by atoms with Crippen LogP contribution in [0, 0.1) is 13.8 Å². The fourth-order valence-electron chi connectivity index (χ4n) is 1.80. The molecule has 88 valence electrons. The van der Waals surface area contributed by atoms with Crippen LogP contribution in [0.25, 0.3) is 0 Å². The van der Waals surface area contributed by atoms with E-state index in [1.165, 1.54) is 11.1 Å². The Bertz CT molecular complexity index is 346. The Kier molecular flexibility index (Phi) is 3.80. The first-order valence-corrected chi connectivity index (χ1v) is 5.77. The van der Waals surface area contributed by atoms with Crippen molar-refractivity contribution < 1.29 is 9.47 Å². The minimum absolute atomic E-state index is 0.314. The zero-order valence-corrected chi connectivity index (χ0v) is 9.95. The number of hydrogen-bond donors (Lipinski definition) is 1. The zero-order chi connectivity index (χ0) is 11.4. The average molecular weight is 221 g/mol. The molecule has 2 rings (SSSR count). The molecule has 1 aromatic rings. The summed E-state index contributed by atoms with van der Waals surface area (Å²) in [6, 6.07) is 6.47. The van der Waals surface area contributed by atoms with Crippen molar-refractivity contribution >= 4 is 0 Å². The Hall–Kier alpha value is -1.06. The van der Waals surface area contributed by atoms with Crippen LogP contribution in [0.3, 0.4) is 0 Å². The van der Waals surface area contributed by atoms with Crippen molar-refractivity contribution in [2.45, 2.75) is 19.9 Å². The minimum Gasteiger partial charge on any atom is -0.492 e. The number of morpholine rings is 1. The standard InChI is InChI=1S/C13H19NO2/c1-10-4-3-5-13(11(10)2)16-9-12-8-15-7-6-14-12/h3-5,12,14H,6-9H2,1-2H3. The normalized spacial score (nSPS) is 20.8. The van der Waals surface area contributed by atoms with Crippen LogP contribution in [0.4, 0.5) is 0 Å². The molecule has 16 heavy (non-hydrogen) atoms. The first kappa shape index (κ1) is 11.4. The summed E-state index contributed by atoms with van der Waals surface area (Å²) in [5.74, 6) is 0.979. The molecule has 1 fully saturated rings. The van der Waals surface area contributed by atoms with Gasteiger partial charge in [0.1, 0.15) is 12.4 Å². The molecule has 0 spiro atoms. The van der Waals surface area contributed by atoms with E-state index >= 15 is 0 Å². The maximum atomic E-state index is 5.81. The molecule has 0 saturated carbocycles. The number of rotatable bonds is 3. The maximum Gasteiger partial charge on any atom is 0.122 e. The Labute approximate surface area is 96.8 Å². The van der Waals surface area contributed by atoms with Crippen molar-refractivity contribution in [2.75, 3.05) is 26.4 Å². The number of hydrogen-bond acceptors (Lipinski definition) is 3. The van der Waals surface area contributed by atoms with E-state index in [2.05, 4.69) is 25.2 Å². The second kappa shape index (κ2) is 5.32. The van der Waals surface area contributed by atoms with E-state index in [1.807, 2.05) is 12.1 Å². The first-order chi connectivity index (χ1) is 7.77. The van der Waals surface area contributed by atoms with E-state index in [0.717, 1.165) is 25.5 Å². The molecule has 0 radical (unpaired) electrons. The van der Waals surface area contributed by atoms with Gasteiger partial charge in [0.05, 0.1) is 19.3 Å². The van der Waals surface area contributed by atoms with Gasteiger partial charge in [-0.25, -0.2) is 0 Å².